The third-order valence-electron chi connectivity index (χ3n) is 2.93. The summed E-state index contributed by atoms with van der Waals surface area (Å²) >= 11 is 5.67. The lowest BCUT2D eigenvalue weighted by atomic mass is 10.1. The smallest absolute Gasteiger partial charge is 0.394 e. The molecule has 2 N–H and O–H groups in total. The van der Waals surface area contributed by atoms with Crippen molar-refractivity contribution in [3.05, 3.63) is 34.7 Å². The van der Waals surface area contributed by atoms with Gasteiger partial charge in [-0.25, -0.2) is 4.98 Å². The van der Waals surface area contributed by atoms with Crippen molar-refractivity contribution >= 4 is 11.6 Å². The first-order chi connectivity index (χ1) is 10.8. The van der Waals surface area contributed by atoms with Crippen LogP contribution in [0.4, 0.5) is 13.2 Å². The molecule has 1 atom stereocenters. The van der Waals surface area contributed by atoms with E-state index in [4.69, 9.17) is 22.0 Å². The van der Waals surface area contributed by atoms with Crippen LogP contribution in [-0.4, -0.2) is 37.7 Å². The van der Waals surface area contributed by atoms with Crippen molar-refractivity contribution < 1.29 is 23.4 Å². The van der Waals surface area contributed by atoms with Gasteiger partial charge in [0.25, 0.3) is 0 Å². The van der Waals surface area contributed by atoms with Gasteiger partial charge in [0.2, 0.25) is 0 Å². The van der Waals surface area contributed by atoms with Gasteiger partial charge in [-0.15, -0.1) is 0 Å². The Morgan fingerprint density at radius 1 is 1.43 bits per heavy atom. The van der Waals surface area contributed by atoms with E-state index in [1.165, 1.54) is 23.1 Å². The van der Waals surface area contributed by atoms with Crippen molar-refractivity contribution in [3.8, 4) is 17.3 Å². The predicted molar refractivity (Wildman–Crippen MR) is 73.3 cm³/mol. The van der Waals surface area contributed by atoms with Crippen molar-refractivity contribution in [2.24, 2.45) is 0 Å². The third kappa shape index (κ3) is 3.79. The predicted octanol–water partition coefficient (Wildman–Crippen LogP) is 1.84. The summed E-state index contributed by atoms with van der Waals surface area (Å²) in [4.78, 5) is 3.78. The Morgan fingerprint density at radius 3 is 2.70 bits per heavy atom. The van der Waals surface area contributed by atoms with Gasteiger partial charge in [-0.2, -0.15) is 23.5 Å². The Bertz CT molecular complexity index is 755. The summed E-state index contributed by atoms with van der Waals surface area (Å²) < 4.78 is 40.3. The summed E-state index contributed by atoms with van der Waals surface area (Å²) in [5.41, 5.74) is -1.80. The molecule has 2 heterocycles. The van der Waals surface area contributed by atoms with E-state index >= 15 is 0 Å². The van der Waals surface area contributed by atoms with Crippen molar-refractivity contribution in [1.82, 2.24) is 14.8 Å². The van der Waals surface area contributed by atoms with Crippen LogP contribution in [0.2, 0.25) is 5.15 Å². The fourth-order valence-electron chi connectivity index (χ4n) is 1.86. The van der Waals surface area contributed by atoms with Gasteiger partial charge in [0.1, 0.15) is 16.8 Å². The molecule has 0 aromatic carbocycles. The topological polar surface area (TPSA) is 95.0 Å². The third-order valence-corrected chi connectivity index (χ3v) is 3.20. The minimum atomic E-state index is -4.75. The number of halogens is 4. The van der Waals surface area contributed by atoms with Gasteiger partial charge in [-0.3, -0.25) is 4.68 Å². The number of aliphatic hydroxyl groups is 2. The van der Waals surface area contributed by atoms with Gasteiger partial charge in [-0.1, -0.05) is 11.6 Å². The average Bonchev–Trinajstić information content (AvgIpc) is 2.93. The van der Waals surface area contributed by atoms with Crippen molar-refractivity contribution in [1.29, 1.82) is 5.26 Å². The molecule has 0 aliphatic rings. The van der Waals surface area contributed by atoms with E-state index in [0.29, 0.717) is 6.07 Å². The second-order valence-corrected chi connectivity index (χ2v) is 4.98. The monoisotopic (exact) mass is 346 g/mol. The molecule has 0 spiro atoms. The number of alkyl halides is 3. The molecule has 10 heteroatoms. The average molecular weight is 347 g/mol. The van der Waals surface area contributed by atoms with Crippen molar-refractivity contribution in [2.75, 3.05) is 6.61 Å². The molecule has 0 amide bonds. The van der Waals surface area contributed by atoms with Gasteiger partial charge in [0.05, 0.1) is 36.7 Å². The molecular weight excluding hydrogens is 337 g/mol. The maximum atomic E-state index is 13.0. The van der Waals surface area contributed by atoms with Gasteiger partial charge in [0.15, 0.2) is 0 Å². The lowest BCUT2D eigenvalue weighted by Crippen LogP contribution is -2.19. The molecule has 1 unspecified atom stereocenters. The molecule has 0 aliphatic carbocycles. The van der Waals surface area contributed by atoms with Crippen LogP contribution >= 0.6 is 11.6 Å². The standard InChI is InChI=1S/C13H10ClF3N4O2/c14-12-9(2-18)10(13(15,16)17)1-11(20-12)7-3-19-21(4-7)5-8(23)6-22/h1,3-4,8,22-23H,5-6H2. The zero-order valence-electron chi connectivity index (χ0n) is 11.4. The number of nitriles is 1. The fourth-order valence-corrected chi connectivity index (χ4v) is 2.10. The Labute approximate surface area is 133 Å². The van der Waals surface area contributed by atoms with Crippen LogP contribution in [0.5, 0.6) is 0 Å². The number of pyridine rings is 1. The molecule has 23 heavy (non-hydrogen) atoms. The summed E-state index contributed by atoms with van der Waals surface area (Å²) in [6, 6.07) is 2.11. The number of rotatable bonds is 4. The number of nitrogens with zero attached hydrogens (tertiary/aromatic N) is 4. The molecule has 0 saturated heterocycles. The molecule has 2 aromatic rings. The van der Waals surface area contributed by atoms with Gasteiger partial charge in [-0.05, 0) is 6.07 Å². The molecule has 0 bridgehead atoms. The number of aliphatic hydroxyl groups excluding tert-OH is 2. The Kier molecular flexibility index (Phi) is 4.89. The van der Waals surface area contributed by atoms with E-state index in [0.717, 1.165) is 0 Å². The highest BCUT2D eigenvalue weighted by molar-refractivity contribution is 6.30. The zero-order valence-corrected chi connectivity index (χ0v) is 12.2. The van der Waals surface area contributed by atoms with Crippen LogP contribution in [0.15, 0.2) is 18.5 Å². The van der Waals surface area contributed by atoms with E-state index in [1.807, 2.05) is 0 Å². The summed E-state index contributed by atoms with van der Waals surface area (Å²) in [5.74, 6) is 0. The minimum Gasteiger partial charge on any atom is -0.394 e. The van der Waals surface area contributed by atoms with Crippen molar-refractivity contribution in [3.63, 3.8) is 0 Å². The lowest BCUT2D eigenvalue weighted by Gasteiger charge is -2.11. The molecule has 6 nitrogen and oxygen atoms in total. The van der Waals surface area contributed by atoms with Gasteiger partial charge in [0, 0.05) is 11.8 Å². The van der Waals surface area contributed by atoms with Crippen LogP contribution in [0.3, 0.4) is 0 Å². The zero-order chi connectivity index (χ0) is 17.2. The van der Waals surface area contributed by atoms with Crippen LogP contribution in [0, 0.1) is 11.3 Å². The molecular formula is C13H10ClF3N4O2. The molecule has 2 aromatic heterocycles. The highest BCUT2D eigenvalue weighted by Crippen LogP contribution is 2.36. The minimum absolute atomic E-state index is 0.0351. The molecule has 2 rings (SSSR count). The maximum absolute atomic E-state index is 13.0. The number of aromatic nitrogens is 3. The van der Waals surface area contributed by atoms with Gasteiger partial charge < -0.3 is 10.2 Å². The van der Waals surface area contributed by atoms with Crippen LogP contribution in [0.25, 0.3) is 11.3 Å². The summed E-state index contributed by atoms with van der Waals surface area (Å²) in [6.45, 7) is -0.513. The quantitative estimate of drug-likeness (QED) is 0.824. The molecule has 0 saturated carbocycles. The van der Waals surface area contributed by atoms with Gasteiger partial charge >= 0.3 is 6.18 Å². The molecule has 122 valence electrons. The maximum Gasteiger partial charge on any atom is 0.417 e. The van der Waals surface area contributed by atoms with E-state index < -0.39 is 35.2 Å². The first-order valence-corrected chi connectivity index (χ1v) is 6.63. The van der Waals surface area contributed by atoms with Crippen molar-refractivity contribution in [2.45, 2.75) is 18.8 Å². The SMILES string of the molecule is N#Cc1c(C(F)(F)F)cc(-c2cnn(CC(O)CO)c2)nc1Cl. The lowest BCUT2D eigenvalue weighted by molar-refractivity contribution is -0.137. The highest BCUT2D eigenvalue weighted by atomic mass is 35.5. The number of hydrogen-bond donors (Lipinski definition) is 2. The largest absolute Gasteiger partial charge is 0.417 e. The highest BCUT2D eigenvalue weighted by Gasteiger charge is 2.35. The Morgan fingerprint density at radius 2 is 2.13 bits per heavy atom. The molecule has 0 fully saturated rings. The van der Waals surface area contributed by atoms with Crippen LogP contribution < -0.4 is 0 Å². The Balaban J connectivity index is 2.45. The van der Waals surface area contributed by atoms with E-state index in [9.17, 15) is 18.3 Å². The Hall–Kier alpha value is -2.15. The summed E-state index contributed by atoms with van der Waals surface area (Å²) in [5, 5.41) is 30.2. The van der Waals surface area contributed by atoms with Crippen LogP contribution in [-0.2, 0) is 12.7 Å². The van der Waals surface area contributed by atoms with E-state index in [1.54, 1.807) is 0 Å². The number of hydrogen-bond acceptors (Lipinski definition) is 5. The fraction of sp³-hybridized carbons (Fsp3) is 0.308. The second kappa shape index (κ2) is 6.54. The summed E-state index contributed by atoms with van der Waals surface area (Å²) in [6.07, 6.45) is -3.21. The van der Waals surface area contributed by atoms with E-state index in [-0.39, 0.29) is 17.8 Å². The van der Waals surface area contributed by atoms with Crippen LogP contribution in [0.1, 0.15) is 11.1 Å². The normalized spacial score (nSPS) is 12.9. The second-order valence-electron chi connectivity index (χ2n) is 4.62. The molecule has 0 aliphatic heterocycles. The first kappa shape index (κ1) is 17.2. The van der Waals surface area contributed by atoms with E-state index in [2.05, 4.69) is 10.1 Å². The first-order valence-electron chi connectivity index (χ1n) is 6.25. The summed E-state index contributed by atoms with van der Waals surface area (Å²) in [7, 11) is 0. The molecule has 0 radical (unpaired) electrons.